The van der Waals surface area contributed by atoms with Crippen molar-refractivity contribution in [1.29, 1.82) is 10.5 Å². The molecule has 0 radical (unpaired) electrons. The van der Waals surface area contributed by atoms with Gasteiger partial charge in [-0.15, -0.1) is 23.5 Å². The second-order valence-corrected chi connectivity index (χ2v) is 18.0. The summed E-state index contributed by atoms with van der Waals surface area (Å²) in [6.45, 7) is 10.8. The van der Waals surface area contributed by atoms with Crippen LogP contribution in [0.2, 0.25) is 0 Å². The highest BCUT2D eigenvalue weighted by Gasteiger charge is 2.32. The van der Waals surface area contributed by atoms with Gasteiger partial charge >= 0.3 is 11.9 Å². The van der Waals surface area contributed by atoms with Crippen molar-refractivity contribution in [3.8, 4) is 57.4 Å². The quantitative estimate of drug-likeness (QED) is 0.108. The number of pyridine rings is 2. The summed E-state index contributed by atoms with van der Waals surface area (Å²) in [5.41, 5.74) is 4.19. The van der Waals surface area contributed by atoms with Crippen LogP contribution in [0.3, 0.4) is 0 Å². The van der Waals surface area contributed by atoms with Gasteiger partial charge in [0.15, 0.2) is 23.0 Å². The van der Waals surface area contributed by atoms with Gasteiger partial charge in [0, 0.05) is 67.6 Å². The summed E-state index contributed by atoms with van der Waals surface area (Å²) in [7, 11) is 0. The van der Waals surface area contributed by atoms with Crippen molar-refractivity contribution >= 4 is 57.0 Å². The number of benzene rings is 4. The van der Waals surface area contributed by atoms with Crippen LogP contribution in [0.1, 0.15) is 45.7 Å². The molecule has 0 amide bonds. The second kappa shape index (κ2) is 17.4. The third-order valence-electron chi connectivity index (χ3n) is 9.69. The van der Waals surface area contributed by atoms with Gasteiger partial charge in [0.25, 0.3) is 0 Å². The Labute approximate surface area is 355 Å². The number of aromatic nitrogens is 2. The molecule has 60 heavy (non-hydrogen) atoms. The van der Waals surface area contributed by atoms with E-state index in [0.717, 1.165) is 53.6 Å². The Morgan fingerprint density at radius 1 is 0.650 bits per heavy atom. The summed E-state index contributed by atoms with van der Waals surface area (Å²) in [4.78, 5) is 34.4. The predicted octanol–water partition coefficient (Wildman–Crippen LogP) is 9.48. The molecule has 0 spiro atoms. The van der Waals surface area contributed by atoms with E-state index in [1.54, 1.807) is 57.7 Å². The Morgan fingerprint density at radius 3 is 1.50 bits per heavy atom. The van der Waals surface area contributed by atoms with Crippen molar-refractivity contribution in [2.45, 2.75) is 53.9 Å². The molecule has 0 aliphatic carbocycles. The monoisotopic (exact) mass is 840 g/mol. The van der Waals surface area contributed by atoms with Crippen LogP contribution in [-0.4, -0.2) is 69.5 Å². The van der Waals surface area contributed by atoms with E-state index in [2.05, 4.69) is 22.1 Å². The lowest BCUT2D eigenvalue weighted by molar-refractivity contribution is -0.145. The number of esters is 1. The van der Waals surface area contributed by atoms with Crippen LogP contribution in [0.15, 0.2) is 95.2 Å². The van der Waals surface area contributed by atoms with E-state index in [9.17, 15) is 25.2 Å². The lowest BCUT2D eigenvalue weighted by Gasteiger charge is -2.23. The molecule has 0 fully saturated rings. The molecule has 1 N–H and O–H groups in total. The fourth-order valence-corrected chi connectivity index (χ4v) is 8.73. The highest BCUT2D eigenvalue weighted by atomic mass is 32.2. The van der Waals surface area contributed by atoms with Crippen molar-refractivity contribution in [1.82, 2.24) is 9.97 Å². The molecule has 0 atom stereocenters. The fraction of sp³-hybridized carbons (Fsp3) is 0.261. The van der Waals surface area contributed by atoms with Crippen molar-refractivity contribution in [2.75, 3.05) is 33.0 Å². The molecular formula is C46H40N4O8S2. The second-order valence-electron chi connectivity index (χ2n) is 14.6. The van der Waals surface area contributed by atoms with E-state index in [0.29, 0.717) is 67.2 Å². The van der Waals surface area contributed by atoms with Gasteiger partial charge in [-0.1, -0.05) is 12.1 Å². The summed E-state index contributed by atoms with van der Waals surface area (Å²) in [5, 5.41) is 32.0. The van der Waals surface area contributed by atoms with Gasteiger partial charge in [-0.25, -0.2) is 0 Å². The average molecular weight is 841 g/mol. The summed E-state index contributed by atoms with van der Waals surface area (Å²) in [6, 6.07) is 23.3. The molecule has 0 saturated carbocycles. The van der Waals surface area contributed by atoms with E-state index in [-0.39, 0.29) is 5.97 Å². The largest absolute Gasteiger partial charge is 0.485 e. The van der Waals surface area contributed by atoms with Crippen molar-refractivity contribution in [3.05, 3.63) is 96.6 Å². The van der Waals surface area contributed by atoms with E-state index in [1.807, 2.05) is 62.4 Å². The van der Waals surface area contributed by atoms with Crippen LogP contribution in [0.4, 0.5) is 0 Å². The third-order valence-corrected chi connectivity index (χ3v) is 12.0. The molecular weight excluding hydrogens is 801 g/mol. The lowest BCUT2D eigenvalue weighted by atomic mass is 9.98. The Kier molecular flexibility index (Phi) is 12.1. The van der Waals surface area contributed by atoms with Crippen molar-refractivity contribution in [3.63, 3.8) is 0 Å². The number of rotatable bonds is 9. The van der Waals surface area contributed by atoms with Gasteiger partial charge in [0.05, 0.1) is 17.7 Å². The Bertz CT molecular complexity index is 2740. The predicted molar refractivity (Wildman–Crippen MR) is 230 cm³/mol. The highest BCUT2D eigenvalue weighted by Crippen LogP contribution is 2.47. The topological polar surface area (TPSA) is 174 Å². The first-order valence-corrected chi connectivity index (χ1v) is 20.7. The maximum atomic E-state index is 12.3. The fourth-order valence-electron chi connectivity index (χ4n) is 6.70. The molecule has 304 valence electrons. The van der Waals surface area contributed by atoms with E-state index in [4.69, 9.17) is 23.7 Å². The van der Waals surface area contributed by atoms with Crippen LogP contribution in [0, 0.1) is 22.7 Å². The Balaban J connectivity index is 0.000000182. The lowest BCUT2D eigenvalue weighted by Crippen LogP contribution is -2.29. The number of carbonyl (C=O) groups excluding carboxylic acids is 1. The Hall–Kier alpha value is -6.48. The first kappa shape index (κ1) is 41.7. The molecule has 4 aromatic carbocycles. The number of hydrogen-bond acceptors (Lipinski definition) is 13. The van der Waals surface area contributed by atoms with E-state index < -0.39 is 15.5 Å². The zero-order valence-electron chi connectivity index (χ0n) is 33.5. The van der Waals surface area contributed by atoms with Gasteiger partial charge in [-0.2, -0.15) is 10.5 Å². The molecule has 4 heterocycles. The number of nitriles is 2. The van der Waals surface area contributed by atoms with Gasteiger partial charge in [0.2, 0.25) is 0 Å². The standard InChI is InChI=1S/C24H22N2O4S.C22H18N2O4S/c1-4-28-23(27)24(2,3)31-17-7-5-16-13-26-14-20(19(16)11-17)18-8-6-15(12-25)21-22(18)30-10-9-29-21;1-22(2,21(25)26)29-15-5-3-14-11-24-12-18(17(14)9-15)16-6-4-13(10-23)19-20(16)28-8-7-27-19/h5-8,11,13-14H,4,9-10H2,1-3H3;3-6,9,11-12H,7-8H2,1-2H3,(H,25,26). The number of carboxylic acids is 1. The summed E-state index contributed by atoms with van der Waals surface area (Å²) >= 11 is 2.74. The maximum absolute atomic E-state index is 12.3. The molecule has 6 aromatic rings. The smallest absolute Gasteiger partial charge is 0.321 e. The zero-order chi connectivity index (χ0) is 42.6. The SMILES string of the molecule is CC(C)(Sc1ccc2cncc(-c3ccc(C#N)c4c3OCCO4)c2c1)C(=O)O.CCOC(=O)C(C)(C)Sc1ccc2cncc(-c3ccc(C#N)c4c3OCCO4)c2c1. The number of thioether (sulfide) groups is 2. The van der Waals surface area contributed by atoms with E-state index >= 15 is 0 Å². The third kappa shape index (κ3) is 8.48. The molecule has 14 heteroatoms. The average Bonchev–Trinajstić information content (AvgIpc) is 3.25. The van der Waals surface area contributed by atoms with Crippen LogP contribution in [0.25, 0.3) is 43.8 Å². The van der Waals surface area contributed by atoms with E-state index in [1.165, 1.54) is 23.5 Å². The zero-order valence-corrected chi connectivity index (χ0v) is 35.2. The molecule has 8 rings (SSSR count). The number of carboxylic acid groups (broad SMARTS) is 1. The van der Waals surface area contributed by atoms with Crippen LogP contribution >= 0.6 is 23.5 Å². The van der Waals surface area contributed by atoms with Crippen molar-refractivity contribution < 1.29 is 38.4 Å². The van der Waals surface area contributed by atoms with Crippen LogP contribution in [0.5, 0.6) is 23.0 Å². The minimum atomic E-state index is -0.953. The molecule has 2 aliphatic rings. The maximum Gasteiger partial charge on any atom is 0.321 e. The van der Waals surface area contributed by atoms with Gasteiger partial charge in [-0.05, 0) is 93.9 Å². The van der Waals surface area contributed by atoms with Gasteiger partial charge in [0.1, 0.15) is 48.1 Å². The van der Waals surface area contributed by atoms with Gasteiger partial charge in [-0.3, -0.25) is 19.6 Å². The minimum Gasteiger partial charge on any atom is -0.485 e. The normalized spacial score (nSPS) is 13.1. The number of fused-ring (bicyclic) bond motifs is 4. The molecule has 2 aromatic heterocycles. The minimum absolute atomic E-state index is 0.248. The highest BCUT2D eigenvalue weighted by molar-refractivity contribution is 8.01. The number of hydrogen-bond donors (Lipinski definition) is 1. The molecule has 12 nitrogen and oxygen atoms in total. The Morgan fingerprint density at radius 2 is 1.08 bits per heavy atom. The summed E-state index contributed by atoms with van der Waals surface area (Å²) in [5.74, 6) is 0.895. The number of ether oxygens (including phenoxy) is 5. The number of aliphatic carboxylic acids is 1. The van der Waals surface area contributed by atoms with Crippen molar-refractivity contribution in [2.24, 2.45) is 0 Å². The van der Waals surface area contributed by atoms with Gasteiger partial charge < -0.3 is 28.8 Å². The van der Waals surface area contributed by atoms with Crippen LogP contribution in [-0.2, 0) is 14.3 Å². The number of carbonyl (C=O) groups is 2. The number of nitrogens with zero attached hydrogens (tertiary/aromatic N) is 4. The first-order valence-electron chi connectivity index (χ1n) is 19.1. The van der Waals surface area contributed by atoms with Crippen LogP contribution < -0.4 is 18.9 Å². The summed E-state index contributed by atoms with van der Waals surface area (Å²) in [6.07, 6.45) is 7.10. The first-order chi connectivity index (χ1) is 28.8. The molecule has 0 unspecified atom stereocenters. The summed E-state index contributed by atoms with van der Waals surface area (Å²) < 4.78 is 26.7. The molecule has 0 saturated heterocycles. The molecule has 0 bridgehead atoms. The molecule has 2 aliphatic heterocycles.